The van der Waals surface area contributed by atoms with Gasteiger partial charge in [0.05, 0.1) is 10.6 Å². The van der Waals surface area contributed by atoms with Crippen LogP contribution < -0.4 is 0 Å². The average molecular weight is 267 g/mol. The molecule has 0 saturated carbocycles. The Labute approximate surface area is 85.7 Å². The average Bonchev–Trinajstić information content (AvgIpc) is 2.32. The molecular weight excluding hydrogens is 256 g/mol. The molecule has 4 heteroatoms. The number of hydrogen-bond donors (Lipinski definition) is 0. The molecule has 0 aliphatic rings. The van der Waals surface area contributed by atoms with Crippen LogP contribution in [0.5, 0.6) is 0 Å². The molecule has 68 valence electrons. The van der Waals surface area contributed by atoms with Crippen LogP contribution in [0.15, 0.2) is 17.5 Å². The lowest BCUT2D eigenvalue weighted by Gasteiger charge is -2.20. The Morgan fingerprint density at radius 1 is 1.67 bits per heavy atom. The highest BCUT2D eigenvalue weighted by atomic mass is 79.9. The predicted molar refractivity (Wildman–Crippen MR) is 61.9 cm³/mol. The van der Waals surface area contributed by atoms with Gasteiger partial charge >= 0.3 is 0 Å². The van der Waals surface area contributed by atoms with Crippen molar-refractivity contribution in [3.05, 3.63) is 22.4 Å². The Morgan fingerprint density at radius 2 is 2.33 bits per heavy atom. The molecule has 0 bridgehead atoms. The molecular formula is C8H11BrOS2. The molecule has 0 aliphatic heterocycles. The number of carbonyl (C=O) groups is 1. The highest BCUT2D eigenvalue weighted by Gasteiger charge is 2.14. The van der Waals surface area contributed by atoms with E-state index in [0.717, 1.165) is 4.88 Å². The molecule has 0 aromatic carbocycles. The van der Waals surface area contributed by atoms with Gasteiger partial charge in [0, 0.05) is 0 Å². The third-order valence-electron chi connectivity index (χ3n) is 1.27. The zero-order chi connectivity index (χ0) is 9.19. The smallest absolute Gasteiger partial charge is 0.181 e. The first-order valence-electron chi connectivity index (χ1n) is 3.46. The Hall–Kier alpha value is 0.200. The van der Waals surface area contributed by atoms with Gasteiger partial charge in [0.15, 0.2) is 5.78 Å². The van der Waals surface area contributed by atoms with Gasteiger partial charge in [-0.15, -0.1) is 11.3 Å². The van der Waals surface area contributed by atoms with Gasteiger partial charge in [0.2, 0.25) is 0 Å². The molecule has 0 radical (unpaired) electrons. The number of hydrogen-bond acceptors (Lipinski definition) is 2. The molecule has 0 fully saturated rings. The van der Waals surface area contributed by atoms with Crippen LogP contribution in [0.3, 0.4) is 0 Å². The summed E-state index contributed by atoms with van der Waals surface area (Å²) in [5, 5.41) is 1.93. The van der Waals surface area contributed by atoms with E-state index in [4.69, 9.17) is 0 Å². The van der Waals surface area contributed by atoms with Crippen molar-refractivity contribution < 1.29 is 4.79 Å². The van der Waals surface area contributed by atoms with Crippen molar-refractivity contribution in [1.82, 2.24) is 0 Å². The molecule has 0 unspecified atom stereocenters. The maximum Gasteiger partial charge on any atom is 0.181 e. The fourth-order valence-electron chi connectivity index (χ4n) is 0.820. The Balaban J connectivity index is 2.63. The van der Waals surface area contributed by atoms with E-state index in [1.165, 1.54) is 11.3 Å². The first-order chi connectivity index (χ1) is 5.49. The molecule has 1 aromatic heterocycles. The molecule has 1 nitrogen and oxygen atoms in total. The second-order valence-corrected chi connectivity index (χ2v) is 12.2. The Kier molecular flexibility index (Phi) is 3.37. The summed E-state index contributed by atoms with van der Waals surface area (Å²) < 4.78 is 0. The second-order valence-electron chi connectivity index (χ2n) is 2.95. The number of rotatable bonds is 3. The zero-order valence-corrected chi connectivity index (χ0v) is 10.3. The number of carbonyl (C=O) groups excluding carboxylic acids is 1. The van der Waals surface area contributed by atoms with Crippen molar-refractivity contribution in [3.8, 4) is 0 Å². The molecule has 0 aliphatic carbocycles. The number of ketones is 1. The lowest BCUT2D eigenvalue weighted by molar-refractivity contribution is 0.102. The maximum absolute atomic E-state index is 11.5. The van der Waals surface area contributed by atoms with Crippen molar-refractivity contribution in [3.63, 3.8) is 0 Å². The summed E-state index contributed by atoms with van der Waals surface area (Å²) in [5.41, 5.74) is 0. The fraction of sp³-hybridized carbons (Fsp3) is 0.375. The number of Topliss-reactive ketones (excluding diaryl/α,β-unsaturated/α-hetero) is 1. The van der Waals surface area contributed by atoms with Gasteiger partial charge in [-0.05, 0) is 38.8 Å². The predicted octanol–water partition coefficient (Wildman–Crippen LogP) is 3.30. The quantitative estimate of drug-likeness (QED) is 0.768. The zero-order valence-electron chi connectivity index (χ0n) is 7.04. The summed E-state index contributed by atoms with van der Waals surface area (Å²) in [6, 6.07) is 3.79. The summed E-state index contributed by atoms with van der Waals surface area (Å²) in [4.78, 5) is 12.4. The van der Waals surface area contributed by atoms with E-state index in [2.05, 4.69) is 27.3 Å². The topological polar surface area (TPSA) is 17.1 Å². The first kappa shape index (κ1) is 10.3. The van der Waals surface area contributed by atoms with E-state index < -0.39 is 8.46 Å². The molecule has 1 rings (SSSR count). The van der Waals surface area contributed by atoms with E-state index >= 15 is 0 Å². The SMILES string of the molecule is CS(C)(Br)CC(=O)c1cccs1. The van der Waals surface area contributed by atoms with Gasteiger partial charge in [-0.3, -0.25) is 4.79 Å². The monoisotopic (exact) mass is 266 g/mol. The highest BCUT2D eigenvalue weighted by Crippen LogP contribution is 2.48. The molecule has 0 amide bonds. The minimum atomic E-state index is -0.880. The lowest BCUT2D eigenvalue weighted by Crippen LogP contribution is -2.06. The molecule has 1 aromatic rings. The summed E-state index contributed by atoms with van der Waals surface area (Å²) >= 11 is 5.05. The minimum Gasteiger partial charge on any atom is -0.292 e. The van der Waals surface area contributed by atoms with Crippen molar-refractivity contribution in [2.45, 2.75) is 0 Å². The molecule has 1 heterocycles. The lowest BCUT2D eigenvalue weighted by atomic mass is 10.4. The van der Waals surface area contributed by atoms with Gasteiger partial charge < -0.3 is 0 Å². The highest BCUT2D eigenvalue weighted by molar-refractivity contribution is 9.58. The van der Waals surface area contributed by atoms with Crippen molar-refractivity contribution in [2.24, 2.45) is 0 Å². The molecule has 0 atom stereocenters. The fourth-order valence-corrected chi connectivity index (χ4v) is 2.98. The Bertz CT molecular complexity index is 261. The largest absolute Gasteiger partial charge is 0.292 e. The van der Waals surface area contributed by atoms with Crippen molar-refractivity contribution in [1.29, 1.82) is 0 Å². The van der Waals surface area contributed by atoms with Crippen LogP contribution in [-0.2, 0) is 0 Å². The molecule has 0 spiro atoms. The maximum atomic E-state index is 11.5. The van der Waals surface area contributed by atoms with E-state index in [9.17, 15) is 4.79 Å². The van der Waals surface area contributed by atoms with Crippen LogP contribution >= 0.6 is 34.6 Å². The van der Waals surface area contributed by atoms with Crippen LogP contribution in [-0.4, -0.2) is 24.0 Å². The molecule has 0 saturated heterocycles. The Morgan fingerprint density at radius 3 is 2.75 bits per heavy atom. The van der Waals surface area contributed by atoms with Gasteiger partial charge in [-0.25, -0.2) is 0 Å². The van der Waals surface area contributed by atoms with Crippen LogP contribution in [0.2, 0.25) is 0 Å². The van der Waals surface area contributed by atoms with Crippen LogP contribution in [0.4, 0.5) is 0 Å². The first-order valence-corrected chi connectivity index (χ1v) is 8.80. The number of halogens is 1. The van der Waals surface area contributed by atoms with Gasteiger partial charge in [0.1, 0.15) is 0 Å². The third-order valence-corrected chi connectivity index (χ3v) is 3.82. The summed E-state index contributed by atoms with van der Waals surface area (Å²) in [7, 11) is -0.880. The van der Waals surface area contributed by atoms with Gasteiger partial charge in [-0.1, -0.05) is 6.07 Å². The van der Waals surface area contributed by atoms with Crippen LogP contribution in [0.1, 0.15) is 9.67 Å². The summed E-state index contributed by atoms with van der Waals surface area (Å²) in [5.74, 6) is 0.884. The van der Waals surface area contributed by atoms with Crippen LogP contribution in [0.25, 0.3) is 0 Å². The minimum absolute atomic E-state index is 0.252. The molecule has 12 heavy (non-hydrogen) atoms. The van der Waals surface area contributed by atoms with E-state index in [-0.39, 0.29) is 5.78 Å². The van der Waals surface area contributed by atoms with Crippen LogP contribution in [0, 0.1) is 0 Å². The normalized spacial score (nSPS) is 12.9. The number of thiophene rings is 1. The van der Waals surface area contributed by atoms with Crippen molar-refractivity contribution in [2.75, 3.05) is 18.3 Å². The van der Waals surface area contributed by atoms with Crippen molar-refractivity contribution >= 4 is 40.4 Å². The third kappa shape index (κ3) is 3.29. The summed E-state index contributed by atoms with van der Waals surface area (Å²) in [6.45, 7) is 0. The summed E-state index contributed by atoms with van der Waals surface area (Å²) in [6.07, 6.45) is 4.16. The molecule has 0 N–H and O–H groups in total. The van der Waals surface area contributed by atoms with E-state index in [1.54, 1.807) is 0 Å². The van der Waals surface area contributed by atoms with E-state index in [0.29, 0.717) is 5.75 Å². The van der Waals surface area contributed by atoms with Gasteiger partial charge in [0.25, 0.3) is 0 Å². The van der Waals surface area contributed by atoms with Gasteiger partial charge in [-0.2, -0.15) is 8.46 Å². The van der Waals surface area contributed by atoms with E-state index in [1.807, 2.05) is 17.5 Å². The second kappa shape index (κ2) is 3.94. The standard InChI is InChI=1S/C8H11BrOS2/c1-12(2,9)6-7(10)8-4-3-5-11-8/h3-5H,6H2,1-2H3.